The first-order chi connectivity index (χ1) is 11.2. The number of amides is 1. The molecule has 1 N–H and O–H groups in total. The Morgan fingerprint density at radius 2 is 2.13 bits per heavy atom. The number of rotatable bonds is 4. The lowest BCUT2D eigenvalue weighted by atomic mass is 10.3. The van der Waals surface area contributed by atoms with Crippen molar-refractivity contribution in [2.24, 2.45) is 12.0 Å². The second kappa shape index (κ2) is 6.75. The summed E-state index contributed by atoms with van der Waals surface area (Å²) >= 11 is 1.33. The number of benzene rings is 1. The maximum Gasteiger partial charge on any atom is 0.264 e. The van der Waals surface area contributed by atoms with Gasteiger partial charge < -0.3 is 14.6 Å². The molecule has 5 nitrogen and oxygen atoms in total. The number of nitrogens with one attached hydrogen (secondary N) is 1. The summed E-state index contributed by atoms with van der Waals surface area (Å²) in [5.74, 6) is 0.570. The molecule has 1 aromatic carbocycles. The highest BCUT2D eigenvalue weighted by molar-refractivity contribution is 8.18. The number of carbonyl (C=O) groups is 1. The van der Waals surface area contributed by atoms with Crippen LogP contribution in [0.4, 0.5) is 5.69 Å². The molecule has 118 valence electrons. The van der Waals surface area contributed by atoms with Gasteiger partial charge in [0.25, 0.3) is 5.91 Å². The molecule has 1 aliphatic rings. The highest BCUT2D eigenvalue weighted by atomic mass is 32.2. The normalized spacial score (nSPS) is 17.7. The van der Waals surface area contributed by atoms with Crippen molar-refractivity contribution in [3.63, 3.8) is 0 Å². The first kappa shape index (κ1) is 15.4. The molecule has 0 aliphatic carbocycles. The van der Waals surface area contributed by atoms with E-state index < -0.39 is 0 Å². The van der Waals surface area contributed by atoms with E-state index in [1.807, 2.05) is 67.2 Å². The van der Waals surface area contributed by atoms with Gasteiger partial charge in [-0.1, -0.05) is 12.1 Å². The molecule has 0 spiro atoms. The van der Waals surface area contributed by atoms with E-state index in [-0.39, 0.29) is 5.91 Å². The lowest BCUT2D eigenvalue weighted by Gasteiger charge is -2.06. The van der Waals surface area contributed by atoms with Crippen LogP contribution in [0.3, 0.4) is 0 Å². The number of hydrogen-bond acceptors (Lipinski definition) is 4. The Balaban J connectivity index is 1.85. The zero-order valence-corrected chi connectivity index (χ0v) is 13.8. The second-order valence-electron chi connectivity index (χ2n) is 4.93. The van der Waals surface area contributed by atoms with Crippen molar-refractivity contribution in [1.82, 2.24) is 9.88 Å². The quantitative estimate of drug-likeness (QED) is 0.877. The molecule has 0 unspecified atom stereocenters. The van der Waals surface area contributed by atoms with Crippen molar-refractivity contribution in [2.75, 3.05) is 6.61 Å². The summed E-state index contributed by atoms with van der Waals surface area (Å²) in [5, 5.41) is 3.35. The van der Waals surface area contributed by atoms with Gasteiger partial charge in [-0.3, -0.25) is 4.79 Å². The molecule has 1 aromatic heterocycles. The van der Waals surface area contributed by atoms with Gasteiger partial charge in [-0.2, -0.15) is 0 Å². The lowest BCUT2D eigenvalue weighted by Crippen LogP contribution is -2.19. The Labute approximate surface area is 139 Å². The Morgan fingerprint density at radius 1 is 1.30 bits per heavy atom. The summed E-state index contributed by atoms with van der Waals surface area (Å²) in [4.78, 5) is 17.2. The van der Waals surface area contributed by atoms with Gasteiger partial charge in [0.2, 0.25) is 0 Å². The van der Waals surface area contributed by atoms with Crippen molar-refractivity contribution < 1.29 is 9.53 Å². The SMILES string of the molecule is CCOc1ccccc1N=C1NC(=O)/C(=C\c2cccn2C)S1. The Kier molecular flexibility index (Phi) is 4.52. The van der Waals surface area contributed by atoms with Crippen molar-refractivity contribution in [2.45, 2.75) is 6.92 Å². The van der Waals surface area contributed by atoms with Gasteiger partial charge in [0.05, 0.1) is 11.5 Å². The molecular weight excluding hydrogens is 310 g/mol. The lowest BCUT2D eigenvalue weighted by molar-refractivity contribution is -0.115. The van der Waals surface area contributed by atoms with Gasteiger partial charge in [-0.05, 0) is 49.0 Å². The molecule has 23 heavy (non-hydrogen) atoms. The molecule has 6 heteroatoms. The van der Waals surface area contributed by atoms with Crippen molar-refractivity contribution in [1.29, 1.82) is 0 Å². The minimum Gasteiger partial charge on any atom is -0.492 e. The van der Waals surface area contributed by atoms with Crippen LogP contribution >= 0.6 is 11.8 Å². The number of para-hydroxylation sites is 2. The summed E-state index contributed by atoms with van der Waals surface area (Å²) < 4.78 is 7.51. The van der Waals surface area contributed by atoms with Gasteiger partial charge in [-0.25, -0.2) is 4.99 Å². The van der Waals surface area contributed by atoms with Crippen molar-refractivity contribution in [3.8, 4) is 5.75 Å². The number of carbonyl (C=O) groups excluding carboxylic acids is 1. The number of nitrogens with zero attached hydrogens (tertiary/aromatic N) is 2. The average molecular weight is 327 g/mol. The predicted molar refractivity (Wildman–Crippen MR) is 93.8 cm³/mol. The van der Waals surface area contributed by atoms with Crippen LogP contribution in [-0.2, 0) is 11.8 Å². The summed E-state index contributed by atoms with van der Waals surface area (Å²) in [6.45, 7) is 2.50. The van der Waals surface area contributed by atoms with Gasteiger partial charge in [0.15, 0.2) is 5.17 Å². The van der Waals surface area contributed by atoms with Crippen LogP contribution < -0.4 is 10.1 Å². The third-order valence-corrected chi connectivity index (χ3v) is 4.21. The molecule has 1 saturated heterocycles. The first-order valence-electron chi connectivity index (χ1n) is 7.30. The zero-order valence-electron chi connectivity index (χ0n) is 12.9. The van der Waals surface area contributed by atoms with Crippen LogP contribution in [0.5, 0.6) is 5.75 Å². The van der Waals surface area contributed by atoms with Crippen molar-refractivity contribution in [3.05, 3.63) is 53.2 Å². The Hall–Kier alpha value is -2.47. The Bertz CT molecular complexity index is 793. The molecule has 3 rings (SSSR count). The number of ether oxygens (including phenoxy) is 1. The van der Waals surface area contributed by atoms with E-state index >= 15 is 0 Å². The number of aliphatic imine (C=N–C) groups is 1. The minimum atomic E-state index is -0.135. The molecule has 1 amide bonds. The number of aromatic nitrogens is 1. The number of aryl methyl sites for hydroxylation is 1. The molecular formula is C17H17N3O2S. The molecule has 0 saturated carbocycles. The van der Waals surface area contributed by atoms with E-state index in [0.717, 1.165) is 5.69 Å². The largest absolute Gasteiger partial charge is 0.492 e. The van der Waals surface area contributed by atoms with Gasteiger partial charge in [0.1, 0.15) is 11.4 Å². The molecule has 0 atom stereocenters. The third-order valence-electron chi connectivity index (χ3n) is 3.30. The Morgan fingerprint density at radius 3 is 2.87 bits per heavy atom. The molecule has 2 aromatic rings. The van der Waals surface area contributed by atoms with E-state index in [4.69, 9.17) is 4.74 Å². The molecule has 2 heterocycles. The highest BCUT2D eigenvalue weighted by Crippen LogP contribution is 2.32. The fourth-order valence-electron chi connectivity index (χ4n) is 2.18. The van der Waals surface area contributed by atoms with Crippen molar-refractivity contribution >= 4 is 34.6 Å². The molecule has 1 aliphatic heterocycles. The van der Waals surface area contributed by atoms with Crippen LogP contribution in [-0.4, -0.2) is 22.2 Å². The monoisotopic (exact) mass is 327 g/mol. The fraction of sp³-hybridized carbons (Fsp3) is 0.176. The second-order valence-corrected chi connectivity index (χ2v) is 5.96. The zero-order chi connectivity index (χ0) is 16.2. The maximum absolute atomic E-state index is 12.1. The van der Waals surface area contributed by atoms with E-state index in [0.29, 0.717) is 28.1 Å². The van der Waals surface area contributed by atoms with Crippen LogP contribution in [0.2, 0.25) is 0 Å². The highest BCUT2D eigenvalue weighted by Gasteiger charge is 2.24. The maximum atomic E-state index is 12.1. The number of hydrogen-bond donors (Lipinski definition) is 1. The fourth-order valence-corrected chi connectivity index (χ4v) is 3.00. The molecule has 0 bridgehead atoms. The number of thioether (sulfide) groups is 1. The van der Waals surface area contributed by atoms with Gasteiger partial charge in [0, 0.05) is 18.9 Å². The smallest absolute Gasteiger partial charge is 0.264 e. The van der Waals surface area contributed by atoms with Crippen LogP contribution in [0, 0.1) is 0 Å². The van der Waals surface area contributed by atoms with Crippen LogP contribution in [0.25, 0.3) is 6.08 Å². The summed E-state index contributed by atoms with van der Waals surface area (Å²) in [6, 6.07) is 11.4. The standard InChI is InChI=1S/C17H17N3O2S/c1-3-22-14-9-5-4-8-13(14)18-17-19-16(21)15(23-17)11-12-7-6-10-20(12)2/h4-11H,3H2,1-2H3,(H,18,19,21)/b15-11+. The van der Waals surface area contributed by atoms with Crippen LogP contribution in [0.1, 0.15) is 12.6 Å². The summed E-state index contributed by atoms with van der Waals surface area (Å²) in [6.07, 6.45) is 3.80. The minimum absolute atomic E-state index is 0.135. The van der Waals surface area contributed by atoms with E-state index in [1.54, 1.807) is 0 Å². The van der Waals surface area contributed by atoms with Crippen LogP contribution in [0.15, 0.2) is 52.5 Å². The average Bonchev–Trinajstić information content (AvgIpc) is 3.08. The van der Waals surface area contributed by atoms with E-state index in [2.05, 4.69) is 10.3 Å². The topological polar surface area (TPSA) is 55.6 Å². The van der Waals surface area contributed by atoms with Gasteiger partial charge >= 0.3 is 0 Å². The number of amidine groups is 1. The summed E-state index contributed by atoms with van der Waals surface area (Å²) in [7, 11) is 1.94. The summed E-state index contributed by atoms with van der Waals surface area (Å²) in [5.41, 5.74) is 1.68. The van der Waals surface area contributed by atoms with Gasteiger partial charge in [-0.15, -0.1) is 0 Å². The first-order valence-corrected chi connectivity index (χ1v) is 8.12. The third kappa shape index (κ3) is 3.48. The molecule has 1 fully saturated rings. The molecule has 0 radical (unpaired) electrons. The predicted octanol–water partition coefficient (Wildman–Crippen LogP) is 3.32. The van der Waals surface area contributed by atoms with E-state index in [1.165, 1.54) is 11.8 Å². The van der Waals surface area contributed by atoms with E-state index in [9.17, 15) is 4.79 Å².